The number of carbonyl (C=O) groups is 1. The molecule has 1 N–H and O–H groups in total. The second kappa shape index (κ2) is 7.04. The van der Waals surface area contributed by atoms with Crippen LogP contribution in [0.4, 0.5) is 4.79 Å². The van der Waals surface area contributed by atoms with Crippen LogP contribution in [-0.4, -0.2) is 30.1 Å². The van der Waals surface area contributed by atoms with Gasteiger partial charge < -0.3 is 10.2 Å². The van der Waals surface area contributed by atoms with Crippen molar-refractivity contribution in [1.29, 1.82) is 5.26 Å². The third-order valence-corrected chi connectivity index (χ3v) is 4.62. The summed E-state index contributed by atoms with van der Waals surface area (Å²) in [6.45, 7) is 9.53. The summed E-state index contributed by atoms with van der Waals surface area (Å²) >= 11 is 0. The van der Waals surface area contributed by atoms with E-state index in [0.29, 0.717) is 13.1 Å². The third-order valence-electron chi connectivity index (χ3n) is 4.62. The van der Waals surface area contributed by atoms with Crippen LogP contribution in [0.5, 0.6) is 0 Å². The minimum Gasteiger partial charge on any atom is -0.335 e. The molecule has 23 heavy (non-hydrogen) atoms. The van der Waals surface area contributed by atoms with Crippen molar-refractivity contribution in [1.82, 2.24) is 10.2 Å². The zero-order valence-electron chi connectivity index (χ0n) is 14.6. The SMILES string of the molecule is Cc1cc(C)cc(CC(C)NC(=O)N2CCC(C)(C#N)CC2)c1. The van der Waals surface area contributed by atoms with Gasteiger partial charge in [-0.1, -0.05) is 29.3 Å². The average Bonchev–Trinajstić information content (AvgIpc) is 2.46. The highest BCUT2D eigenvalue weighted by molar-refractivity contribution is 5.74. The van der Waals surface area contributed by atoms with Gasteiger partial charge in [0, 0.05) is 19.1 Å². The predicted molar refractivity (Wildman–Crippen MR) is 92.1 cm³/mol. The van der Waals surface area contributed by atoms with Crippen molar-refractivity contribution in [2.24, 2.45) is 5.41 Å². The van der Waals surface area contributed by atoms with Crippen molar-refractivity contribution in [2.75, 3.05) is 13.1 Å². The van der Waals surface area contributed by atoms with E-state index >= 15 is 0 Å². The predicted octanol–water partition coefficient (Wildman–Crippen LogP) is 3.57. The maximum atomic E-state index is 12.4. The Balaban J connectivity index is 1.87. The van der Waals surface area contributed by atoms with Gasteiger partial charge in [0.25, 0.3) is 0 Å². The van der Waals surface area contributed by atoms with Gasteiger partial charge >= 0.3 is 6.03 Å². The van der Waals surface area contributed by atoms with Gasteiger partial charge in [-0.05, 0) is 52.5 Å². The van der Waals surface area contributed by atoms with E-state index in [2.05, 4.69) is 43.4 Å². The zero-order chi connectivity index (χ0) is 17.0. The highest BCUT2D eigenvalue weighted by Crippen LogP contribution is 2.29. The van der Waals surface area contributed by atoms with E-state index in [1.54, 1.807) is 0 Å². The van der Waals surface area contributed by atoms with E-state index in [0.717, 1.165) is 19.3 Å². The summed E-state index contributed by atoms with van der Waals surface area (Å²) in [5, 5.41) is 12.2. The fourth-order valence-electron chi connectivity index (χ4n) is 3.21. The minimum atomic E-state index is -0.276. The van der Waals surface area contributed by atoms with Crippen LogP contribution in [0, 0.1) is 30.6 Å². The Morgan fingerprint density at radius 1 is 1.30 bits per heavy atom. The van der Waals surface area contributed by atoms with E-state index < -0.39 is 0 Å². The van der Waals surface area contributed by atoms with E-state index in [1.165, 1.54) is 16.7 Å². The van der Waals surface area contributed by atoms with Gasteiger partial charge in [0.1, 0.15) is 0 Å². The van der Waals surface area contributed by atoms with Crippen LogP contribution < -0.4 is 5.32 Å². The lowest BCUT2D eigenvalue weighted by Crippen LogP contribution is -2.49. The van der Waals surface area contributed by atoms with Crippen molar-refractivity contribution in [2.45, 2.75) is 53.0 Å². The van der Waals surface area contributed by atoms with Crippen LogP contribution in [0.1, 0.15) is 43.4 Å². The first kappa shape index (κ1) is 17.3. The fraction of sp³-hybridized carbons (Fsp3) is 0.579. The van der Waals surface area contributed by atoms with E-state index in [9.17, 15) is 4.79 Å². The molecule has 2 amide bonds. The molecule has 1 atom stereocenters. The number of nitriles is 1. The van der Waals surface area contributed by atoms with Gasteiger partial charge in [0.2, 0.25) is 0 Å². The number of nitrogens with one attached hydrogen (secondary N) is 1. The van der Waals surface area contributed by atoms with Crippen LogP contribution in [0.15, 0.2) is 18.2 Å². The number of amides is 2. The highest BCUT2D eigenvalue weighted by atomic mass is 16.2. The van der Waals surface area contributed by atoms with Gasteiger partial charge in [-0.25, -0.2) is 4.79 Å². The number of aryl methyl sites for hydroxylation is 2. The van der Waals surface area contributed by atoms with Gasteiger partial charge in [-0.15, -0.1) is 0 Å². The number of urea groups is 1. The quantitative estimate of drug-likeness (QED) is 0.927. The molecule has 1 aromatic carbocycles. The number of hydrogen-bond acceptors (Lipinski definition) is 2. The molecule has 1 heterocycles. The zero-order valence-corrected chi connectivity index (χ0v) is 14.6. The van der Waals surface area contributed by atoms with Gasteiger partial charge in [0.15, 0.2) is 0 Å². The number of benzene rings is 1. The number of likely N-dealkylation sites (tertiary alicyclic amines) is 1. The largest absolute Gasteiger partial charge is 0.335 e. The Morgan fingerprint density at radius 3 is 2.39 bits per heavy atom. The summed E-state index contributed by atoms with van der Waals surface area (Å²) in [6, 6.07) is 8.95. The molecule has 0 aromatic heterocycles. The number of carbonyl (C=O) groups excluding carboxylic acids is 1. The summed E-state index contributed by atoms with van der Waals surface area (Å²) in [5.74, 6) is 0. The molecule has 0 bridgehead atoms. The molecule has 1 aliphatic heterocycles. The van der Waals surface area contributed by atoms with Crippen molar-refractivity contribution >= 4 is 6.03 Å². The van der Waals surface area contributed by atoms with Crippen molar-refractivity contribution in [3.05, 3.63) is 34.9 Å². The molecule has 1 unspecified atom stereocenters. The maximum Gasteiger partial charge on any atom is 0.317 e. The van der Waals surface area contributed by atoms with Crippen molar-refractivity contribution in [3.8, 4) is 6.07 Å². The summed E-state index contributed by atoms with van der Waals surface area (Å²) < 4.78 is 0. The molecule has 124 valence electrons. The molecular formula is C19H27N3O. The summed E-state index contributed by atoms with van der Waals surface area (Å²) in [5.41, 5.74) is 3.49. The van der Waals surface area contributed by atoms with Crippen LogP contribution in [0.25, 0.3) is 0 Å². The topological polar surface area (TPSA) is 56.1 Å². The van der Waals surface area contributed by atoms with Gasteiger partial charge in [-0.3, -0.25) is 0 Å². The second-order valence-electron chi connectivity index (χ2n) is 7.21. The monoisotopic (exact) mass is 313 g/mol. The molecule has 0 aliphatic carbocycles. The number of nitrogens with zero attached hydrogens (tertiary/aromatic N) is 2. The van der Waals surface area contributed by atoms with Crippen LogP contribution in [0.3, 0.4) is 0 Å². The fourth-order valence-corrected chi connectivity index (χ4v) is 3.21. The van der Waals surface area contributed by atoms with Crippen LogP contribution in [-0.2, 0) is 6.42 Å². The lowest BCUT2D eigenvalue weighted by Gasteiger charge is -2.35. The molecule has 0 radical (unpaired) electrons. The molecule has 1 aliphatic rings. The van der Waals surface area contributed by atoms with Gasteiger partial charge in [-0.2, -0.15) is 5.26 Å². The number of piperidine rings is 1. The molecule has 0 spiro atoms. The smallest absolute Gasteiger partial charge is 0.317 e. The third kappa shape index (κ3) is 4.72. The summed E-state index contributed by atoms with van der Waals surface area (Å²) in [4.78, 5) is 14.2. The normalized spacial score (nSPS) is 18.1. The lowest BCUT2D eigenvalue weighted by atomic mass is 9.82. The molecule has 0 saturated carbocycles. The first-order chi connectivity index (χ1) is 10.8. The van der Waals surface area contributed by atoms with Crippen LogP contribution >= 0.6 is 0 Å². The number of rotatable bonds is 3. The Kier molecular flexibility index (Phi) is 5.30. The second-order valence-corrected chi connectivity index (χ2v) is 7.21. The van der Waals surface area contributed by atoms with E-state index in [1.807, 2.05) is 18.7 Å². The summed E-state index contributed by atoms with van der Waals surface area (Å²) in [6.07, 6.45) is 2.34. The van der Waals surface area contributed by atoms with Crippen molar-refractivity contribution in [3.63, 3.8) is 0 Å². The Hall–Kier alpha value is -2.02. The maximum absolute atomic E-state index is 12.4. The number of hydrogen-bond donors (Lipinski definition) is 1. The molecular weight excluding hydrogens is 286 g/mol. The molecule has 1 saturated heterocycles. The highest BCUT2D eigenvalue weighted by Gasteiger charge is 2.32. The van der Waals surface area contributed by atoms with Crippen molar-refractivity contribution < 1.29 is 4.79 Å². The minimum absolute atomic E-state index is 0.0122. The Morgan fingerprint density at radius 2 is 1.87 bits per heavy atom. The van der Waals surface area contributed by atoms with E-state index in [4.69, 9.17) is 5.26 Å². The molecule has 1 fully saturated rings. The van der Waals surface area contributed by atoms with Gasteiger partial charge in [0.05, 0.1) is 11.5 Å². The lowest BCUT2D eigenvalue weighted by molar-refractivity contribution is 0.154. The molecule has 4 nitrogen and oxygen atoms in total. The molecule has 4 heteroatoms. The summed E-state index contributed by atoms with van der Waals surface area (Å²) in [7, 11) is 0. The molecule has 1 aromatic rings. The Labute approximate surface area is 139 Å². The Bertz CT molecular complexity index is 589. The van der Waals surface area contributed by atoms with E-state index in [-0.39, 0.29) is 17.5 Å². The first-order valence-electron chi connectivity index (χ1n) is 8.35. The standard InChI is InChI=1S/C19H27N3O/c1-14-9-15(2)11-17(10-14)12-16(3)21-18(23)22-7-5-19(4,13-20)6-8-22/h9-11,16H,5-8,12H2,1-4H3,(H,21,23). The first-order valence-corrected chi connectivity index (χ1v) is 8.35. The van der Waals surface area contributed by atoms with Crippen LogP contribution in [0.2, 0.25) is 0 Å². The average molecular weight is 313 g/mol. The molecule has 2 rings (SSSR count).